The number of piperazine rings is 1. The molecule has 0 radical (unpaired) electrons. The van der Waals surface area contributed by atoms with Crippen molar-refractivity contribution in [1.29, 1.82) is 0 Å². The van der Waals surface area contributed by atoms with Gasteiger partial charge in [0.2, 0.25) is 5.91 Å². The Morgan fingerprint density at radius 3 is 2.35 bits per heavy atom. The van der Waals surface area contributed by atoms with E-state index in [-0.39, 0.29) is 12.0 Å². The van der Waals surface area contributed by atoms with Gasteiger partial charge in [-0.1, -0.05) is 18.2 Å². The highest BCUT2D eigenvalue weighted by Gasteiger charge is 2.32. The van der Waals surface area contributed by atoms with Gasteiger partial charge in [-0.2, -0.15) is 0 Å². The van der Waals surface area contributed by atoms with E-state index < -0.39 is 0 Å². The monoisotopic (exact) mass is 273 g/mol. The van der Waals surface area contributed by atoms with E-state index in [1.807, 2.05) is 11.0 Å². The maximum absolute atomic E-state index is 12.4. The highest BCUT2D eigenvalue weighted by Crippen LogP contribution is 2.26. The minimum absolute atomic E-state index is 0.174. The number of carbonyl (C=O) groups excluding carboxylic acids is 1. The fourth-order valence-electron chi connectivity index (χ4n) is 3.32. The summed E-state index contributed by atoms with van der Waals surface area (Å²) in [6.07, 6.45) is 2.84. The highest BCUT2D eigenvalue weighted by molar-refractivity contribution is 5.79. The molecular formula is C16H23N3O. The first kappa shape index (κ1) is 13.4. The molecular weight excluding hydrogens is 250 g/mol. The molecule has 20 heavy (non-hydrogen) atoms. The predicted octanol–water partition coefficient (Wildman–Crippen LogP) is 1.46. The summed E-state index contributed by atoms with van der Waals surface area (Å²) >= 11 is 0. The summed E-state index contributed by atoms with van der Waals surface area (Å²) in [5.41, 5.74) is 7.16. The molecule has 1 saturated heterocycles. The first-order valence-electron chi connectivity index (χ1n) is 7.58. The molecule has 108 valence electrons. The lowest BCUT2D eigenvalue weighted by atomic mass is 10.1. The molecule has 3 rings (SSSR count). The molecule has 0 aromatic heterocycles. The molecule has 4 nitrogen and oxygen atoms in total. The van der Waals surface area contributed by atoms with Crippen LogP contribution in [0.2, 0.25) is 0 Å². The van der Waals surface area contributed by atoms with Crippen molar-refractivity contribution in [2.45, 2.75) is 25.3 Å². The standard InChI is InChI=1S/C16H23N3O/c17-14-7-6-13(12-14)16(20)19-10-8-18(9-11-19)15-4-2-1-3-5-15/h1-5,13-14H,6-12,17H2. The molecule has 1 heterocycles. The Hall–Kier alpha value is -1.55. The van der Waals surface area contributed by atoms with E-state index >= 15 is 0 Å². The summed E-state index contributed by atoms with van der Waals surface area (Å²) in [4.78, 5) is 16.8. The second-order valence-corrected chi connectivity index (χ2v) is 5.92. The fourth-order valence-corrected chi connectivity index (χ4v) is 3.32. The molecule has 1 amide bonds. The number of rotatable bonds is 2. The first-order chi connectivity index (χ1) is 9.74. The molecule has 1 aromatic rings. The molecule has 1 aromatic carbocycles. The Morgan fingerprint density at radius 2 is 1.75 bits per heavy atom. The fraction of sp³-hybridized carbons (Fsp3) is 0.562. The van der Waals surface area contributed by atoms with Gasteiger partial charge in [-0.05, 0) is 31.4 Å². The van der Waals surface area contributed by atoms with Gasteiger partial charge in [-0.25, -0.2) is 0 Å². The van der Waals surface area contributed by atoms with E-state index in [9.17, 15) is 4.79 Å². The third-order valence-corrected chi connectivity index (χ3v) is 4.54. The van der Waals surface area contributed by atoms with Crippen molar-refractivity contribution in [3.05, 3.63) is 30.3 Å². The second kappa shape index (κ2) is 5.83. The minimum Gasteiger partial charge on any atom is -0.368 e. The van der Waals surface area contributed by atoms with E-state index in [0.717, 1.165) is 45.4 Å². The van der Waals surface area contributed by atoms with Crippen molar-refractivity contribution < 1.29 is 4.79 Å². The third kappa shape index (κ3) is 2.80. The number of nitrogens with two attached hydrogens (primary N) is 1. The molecule has 2 N–H and O–H groups in total. The van der Waals surface area contributed by atoms with Crippen molar-refractivity contribution in [2.24, 2.45) is 11.7 Å². The summed E-state index contributed by atoms with van der Waals surface area (Å²) in [7, 11) is 0. The average molecular weight is 273 g/mol. The van der Waals surface area contributed by atoms with Crippen LogP contribution < -0.4 is 10.6 Å². The third-order valence-electron chi connectivity index (χ3n) is 4.54. The average Bonchev–Trinajstić information content (AvgIpc) is 2.94. The van der Waals surface area contributed by atoms with Gasteiger partial charge in [0.05, 0.1) is 0 Å². The Bertz CT molecular complexity index is 454. The number of benzene rings is 1. The smallest absolute Gasteiger partial charge is 0.225 e. The van der Waals surface area contributed by atoms with Crippen LogP contribution in [0.5, 0.6) is 0 Å². The van der Waals surface area contributed by atoms with Crippen LogP contribution in [0.15, 0.2) is 30.3 Å². The summed E-state index contributed by atoms with van der Waals surface area (Å²) in [5, 5.41) is 0. The molecule has 2 unspecified atom stereocenters. The van der Waals surface area contributed by atoms with Gasteiger partial charge >= 0.3 is 0 Å². The number of carbonyl (C=O) groups is 1. The zero-order valence-corrected chi connectivity index (χ0v) is 11.9. The van der Waals surface area contributed by atoms with E-state index in [1.54, 1.807) is 0 Å². The van der Waals surface area contributed by atoms with Crippen LogP contribution in [0.25, 0.3) is 0 Å². The molecule has 1 aliphatic heterocycles. The largest absolute Gasteiger partial charge is 0.368 e. The Kier molecular flexibility index (Phi) is 3.92. The number of amides is 1. The van der Waals surface area contributed by atoms with Crippen LogP contribution in [-0.4, -0.2) is 43.0 Å². The molecule has 4 heteroatoms. The van der Waals surface area contributed by atoms with Gasteiger partial charge in [0.15, 0.2) is 0 Å². The zero-order valence-electron chi connectivity index (χ0n) is 11.9. The van der Waals surface area contributed by atoms with Crippen LogP contribution in [-0.2, 0) is 4.79 Å². The number of nitrogens with zero attached hydrogens (tertiary/aromatic N) is 2. The van der Waals surface area contributed by atoms with E-state index in [1.165, 1.54) is 5.69 Å². The summed E-state index contributed by atoms with van der Waals surface area (Å²) in [6.45, 7) is 3.52. The van der Waals surface area contributed by atoms with Crippen LogP contribution in [0.3, 0.4) is 0 Å². The van der Waals surface area contributed by atoms with Crippen LogP contribution in [0.4, 0.5) is 5.69 Å². The summed E-state index contributed by atoms with van der Waals surface area (Å²) in [6, 6.07) is 10.7. The lowest BCUT2D eigenvalue weighted by molar-refractivity contribution is -0.135. The number of hydrogen-bond acceptors (Lipinski definition) is 3. The topological polar surface area (TPSA) is 49.6 Å². The molecule has 1 aliphatic carbocycles. The number of hydrogen-bond donors (Lipinski definition) is 1. The number of anilines is 1. The molecule has 2 atom stereocenters. The van der Waals surface area contributed by atoms with Gasteiger partial charge in [0.25, 0.3) is 0 Å². The molecule has 2 fully saturated rings. The van der Waals surface area contributed by atoms with Crippen molar-refractivity contribution in [1.82, 2.24) is 4.90 Å². The van der Waals surface area contributed by atoms with E-state index in [0.29, 0.717) is 5.91 Å². The Morgan fingerprint density at radius 1 is 1.05 bits per heavy atom. The SMILES string of the molecule is NC1CCC(C(=O)N2CCN(c3ccccc3)CC2)C1. The Balaban J connectivity index is 1.55. The van der Waals surface area contributed by atoms with Crippen molar-refractivity contribution >= 4 is 11.6 Å². The lowest BCUT2D eigenvalue weighted by Gasteiger charge is -2.37. The van der Waals surface area contributed by atoms with Crippen molar-refractivity contribution in [2.75, 3.05) is 31.1 Å². The van der Waals surface area contributed by atoms with Gasteiger partial charge in [0, 0.05) is 43.8 Å². The van der Waals surface area contributed by atoms with Gasteiger partial charge < -0.3 is 15.5 Å². The van der Waals surface area contributed by atoms with Gasteiger partial charge in [-0.3, -0.25) is 4.79 Å². The van der Waals surface area contributed by atoms with Gasteiger partial charge in [-0.15, -0.1) is 0 Å². The Labute approximate surface area is 120 Å². The summed E-state index contributed by atoms with van der Waals surface area (Å²) < 4.78 is 0. The number of para-hydroxylation sites is 1. The van der Waals surface area contributed by atoms with Crippen molar-refractivity contribution in [3.8, 4) is 0 Å². The molecule has 0 spiro atoms. The first-order valence-corrected chi connectivity index (χ1v) is 7.58. The zero-order chi connectivity index (χ0) is 13.9. The maximum Gasteiger partial charge on any atom is 0.225 e. The predicted molar refractivity (Wildman–Crippen MR) is 80.6 cm³/mol. The van der Waals surface area contributed by atoms with Crippen LogP contribution in [0, 0.1) is 5.92 Å². The highest BCUT2D eigenvalue weighted by atomic mass is 16.2. The van der Waals surface area contributed by atoms with E-state index in [2.05, 4.69) is 29.2 Å². The maximum atomic E-state index is 12.4. The van der Waals surface area contributed by atoms with Crippen LogP contribution in [0.1, 0.15) is 19.3 Å². The molecule has 2 aliphatic rings. The molecule has 1 saturated carbocycles. The second-order valence-electron chi connectivity index (χ2n) is 5.92. The normalized spacial score (nSPS) is 26.9. The lowest BCUT2D eigenvalue weighted by Crippen LogP contribution is -2.50. The van der Waals surface area contributed by atoms with Crippen LogP contribution >= 0.6 is 0 Å². The van der Waals surface area contributed by atoms with Gasteiger partial charge in [0.1, 0.15) is 0 Å². The van der Waals surface area contributed by atoms with Crippen molar-refractivity contribution in [3.63, 3.8) is 0 Å². The molecule has 0 bridgehead atoms. The van der Waals surface area contributed by atoms with E-state index in [4.69, 9.17) is 5.73 Å². The minimum atomic E-state index is 0.174. The summed E-state index contributed by atoms with van der Waals surface area (Å²) in [5.74, 6) is 0.499. The quantitative estimate of drug-likeness (QED) is 0.887.